The number of anilines is 2. The molecule has 2 aromatic rings. The Bertz CT molecular complexity index is 852. The second-order valence-electron chi connectivity index (χ2n) is 6.56. The molecule has 0 bridgehead atoms. The lowest BCUT2D eigenvalue weighted by molar-refractivity contribution is -0.120. The van der Waals surface area contributed by atoms with E-state index < -0.39 is 0 Å². The predicted octanol–water partition coefficient (Wildman–Crippen LogP) is 2.43. The van der Waals surface area contributed by atoms with Crippen molar-refractivity contribution in [1.29, 1.82) is 0 Å². The number of carbonyl (C=O) groups excluding carboxylic acids is 3. The van der Waals surface area contributed by atoms with E-state index in [4.69, 9.17) is 0 Å². The maximum absolute atomic E-state index is 12.6. The average Bonchev–Trinajstić information content (AvgIpc) is 2.94. The van der Waals surface area contributed by atoms with Crippen LogP contribution in [-0.4, -0.2) is 30.8 Å². The van der Waals surface area contributed by atoms with E-state index in [0.717, 1.165) is 30.8 Å². The van der Waals surface area contributed by atoms with E-state index in [1.165, 1.54) is 0 Å². The Morgan fingerprint density at radius 2 is 1.62 bits per heavy atom. The molecule has 2 aromatic carbocycles. The van der Waals surface area contributed by atoms with Gasteiger partial charge in [0.15, 0.2) is 0 Å². The number of fused-ring (bicyclic) bond motifs is 1. The quantitative estimate of drug-likeness (QED) is 0.834. The van der Waals surface area contributed by atoms with Crippen molar-refractivity contribution >= 4 is 29.1 Å². The fourth-order valence-corrected chi connectivity index (χ4v) is 3.47. The molecule has 1 fully saturated rings. The van der Waals surface area contributed by atoms with Gasteiger partial charge in [0.1, 0.15) is 0 Å². The first-order valence-corrected chi connectivity index (χ1v) is 8.74. The highest BCUT2D eigenvalue weighted by molar-refractivity contribution is 6.34. The molecule has 6 nitrogen and oxygen atoms in total. The Morgan fingerprint density at radius 1 is 0.962 bits per heavy atom. The molecule has 2 aliphatic rings. The smallest absolute Gasteiger partial charge is 0.266 e. The zero-order chi connectivity index (χ0) is 18.1. The Labute approximate surface area is 151 Å². The number of piperidine rings is 1. The number of hydrogen-bond acceptors (Lipinski definition) is 4. The van der Waals surface area contributed by atoms with Crippen molar-refractivity contribution in [3.05, 3.63) is 59.7 Å². The van der Waals surface area contributed by atoms with Crippen LogP contribution in [0.2, 0.25) is 0 Å². The lowest BCUT2D eigenvalue weighted by Gasteiger charge is -2.22. The van der Waals surface area contributed by atoms with E-state index >= 15 is 0 Å². The fourth-order valence-electron chi connectivity index (χ4n) is 3.47. The molecule has 3 amide bonds. The van der Waals surface area contributed by atoms with E-state index in [-0.39, 0.29) is 23.6 Å². The van der Waals surface area contributed by atoms with E-state index in [2.05, 4.69) is 10.6 Å². The number of amides is 3. The molecule has 6 heteroatoms. The van der Waals surface area contributed by atoms with Crippen LogP contribution >= 0.6 is 0 Å². The molecular formula is C20H19N3O3. The molecule has 0 aromatic heterocycles. The lowest BCUT2D eigenvalue weighted by Crippen LogP contribution is -2.34. The summed E-state index contributed by atoms with van der Waals surface area (Å²) in [6, 6.07) is 13.6. The Balaban J connectivity index is 1.56. The maximum atomic E-state index is 12.6. The van der Waals surface area contributed by atoms with Crippen LogP contribution in [0.5, 0.6) is 0 Å². The van der Waals surface area contributed by atoms with Gasteiger partial charge in [-0.1, -0.05) is 18.2 Å². The molecule has 0 radical (unpaired) electrons. The summed E-state index contributed by atoms with van der Waals surface area (Å²) in [7, 11) is 0. The van der Waals surface area contributed by atoms with Gasteiger partial charge in [0.05, 0.1) is 16.8 Å². The van der Waals surface area contributed by atoms with E-state index in [9.17, 15) is 14.4 Å². The zero-order valence-electron chi connectivity index (χ0n) is 14.2. The van der Waals surface area contributed by atoms with Crippen LogP contribution in [0.3, 0.4) is 0 Å². The molecule has 2 heterocycles. The van der Waals surface area contributed by atoms with E-state index in [0.29, 0.717) is 22.5 Å². The second kappa shape index (κ2) is 6.72. The molecule has 26 heavy (non-hydrogen) atoms. The third-order valence-corrected chi connectivity index (χ3v) is 4.88. The van der Waals surface area contributed by atoms with Crippen LogP contribution in [0.15, 0.2) is 48.5 Å². The van der Waals surface area contributed by atoms with Gasteiger partial charge in [-0.25, -0.2) is 4.90 Å². The highest BCUT2D eigenvalue weighted by atomic mass is 16.2. The first-order chi connectivity index (χ1) is 12.6. The van der Waals surface area contributed by atoms with Gasteiger partial charge in [-0.15, -0.1) is 0 Å². The molecule has 1 saturated heterocycles. The molecule has 0 saturated carbocycles. The number of imide groups is 1. The van der Waals surface area contributed by atoms with Crippen LogP contribution < -0.4 is 15.5 Å². The SMILES string of the molecule is O=C(Nc1cccc(N2C(=O)c3ccccc3C2=O)c1)C1CCNCC1. The Morgan fingerprint density at radius 3 is 2.27 bits per heavy atom. The van der Waals surface area contributed by atoms with Gasteiger partial charge in [-0.2, -0.15) is 0 Å². The Hall–Kier alpha value is -2.99. The number of benzene rings is 2. The summed E-state index contributed by atoms with van der Waals surface area (Å²) in [5, 5.41) is 6.15. The van der Waals surface area contributed by atoms with Crippen molar-refractivity contribution in [2.24, 2.45) is 5.92 Å². The summed E-state index contributed by atoms with van der Waals surface area (Å²) in [6.45, 7) is 1.68. The Kier molecular flexibility index (Phi) is 4.26. The topological polar surface area (TPSA) is 78.5 Å². The molecule has 2 N–H and O–H groups in total. The monoisotopic (exact) mass is 349 g/mol. The summed E-state index contributed by atoms with van der Waals surface area (Å²) in [6.07, 6.45) is 1.62. The number of carbonyl (C=O) groups is 3. The minimum atomic E-state index is -0.340. The van der Waals surface area contributed by atoms with Crippen LogP contribution in [0.4, 0.5) is 11.4 Å². The zero-order valence-corrected chi connectivity index (χ0v) is 14.2. The summed E-state index contributed by atoms with van der Waals surface area (Å²) in [5.41, 5.74) is 1.85. The minimum Gasteiger partial charge on any atom is -0.326 e. The molecule has 0 unspecified atom stereocenters. The highest BCUT2D eigenvalue weighted by Gasteiger charge is 2.36. The molecular weight excluding hydrogens is 330 g/mol. The van der Waals surface area contributed by atoms with Crippen molar-refractivity contribution in [2.75, 3.05) is 23.3 Å². The summed E-state index contributed by atoms with van der Waals surface area (Å²) >= 11 is 0. The van der Waals surface area contributed by atoms with Crippen LogP contribution in [0.25, 0.3) is 0 Å². The molecule has 4 rings (SSSR count). The fraction of sp³-hybridized carbons (Fsp3) is 0.250. The van der Waals surface area contributed by atoms with Gasteiger partial charge in [-0.3, -0.25) is 14.4 Å². The van der Waals surface area contributed by atoms with Crippen LogP contribution in [-0.2, 0) is 4.79 Å². The van der Waals surface area contributed by atoms with Gasteiger partial charge < -0.3 is 10.6 Å². The largest absolute Gasteiger partial charge is 0.326 e. The second-order valence-corrected chi connectivity index (χ2v) is 6.56. The lowest BCUT2D eigenvalue weighted by atomic mass is 9.97. The number of nitrogens with zero attached hydrogens (tertiary/aromatic N) is 1. The summed E-state index contributed by atoms with van der Waals surface area (Å²) in [5.74, 6) is -0.718. The van der Waals surface area contributed by atoms with Gasteiger partial charge in [-0.05, 0) is 56.3 Å². The van der Waals surface area contributed by atoms with E-state index in [1.807, 2.05) is 0 Å². The third-order valence-electron chi connectivity index (χ3n) is 4.88. The molecule has 0 spiro atoms. The van der Waals surface area contributed by atoms with Crippen molar-refractivity contribution in [2.45, 2.75) is 12.8 Å². The number of rotatable bonds is 3. The summed E-state index contributed by atoms with van der Waals surface area (Å²) < 4.78 is 0. The first-order valence-electron chi connectivity index (χ1n) is 8.74. The van der Waals surface area contributed by atoms with Gasteiger partial charge >= 0.3 is 0 Å². The predicted molar refractivity (Wildman–Crippen MR) is 98.2 cm³/mol. The van der Waals surface area contributed by atoms with Gasteiger partial charge in [0, 0.05) is 11.6 Å². The maximum Gasteiger partial charge on any atom is 0.266 e. The first kappa shape index (κ1) is 16.5. The van der Waals surface area contributed by atoms with Crippen molar-refractivity contribution in [1.82, 2.24) is 5.32 Å². The van der Waals surface area contributed by atoms with Crippen LogP contribution in [0, 0.1) is 5.92 Å². The third kappa shape index (κ3) is 2.88. The van der Waals surface area contributed by atoms with Crippen molar-refractivity contribution < 1.29 is 14.4 Å². The van der Waals surface area contributed by atoms with Gasteiger partial charge in [0.25, 0.3) is 11.8 Å². The summed E-state index contributed by atoms with van der Waals surface area (Å²) in [4.78, 5) is 38.8. The van der Waals surface area contributed by atoms with Crippen molar-refractivity contribution in [3.63, 3.8) is 0 Å². The van der Waals surface area contributed by atoms with E-state index in [1.54, 1.807) is 48.5 Å². The normalized spacial score (nSPS) is 17.3. The molecule has 132 valence electrons. The standard InChI is InChI=1S/C20H19N3O3/c24-18(13-8-10-21-11-9-13)22-14-4-3-5-15(12-14)23-19(25)16-6-1-2-7-17(16)20(23)26/h1-7,12-13,21H,8-11H2,(H,22,24). The number of hydrogen-bond donors (Lipinski definition) is 2. The molecule has 0 aliphatic carbocycles. The van der Waals surface area contributed by atoms with Gasteiger partial charge in [0.2, 0.25) is 5.91 Å². The highest BCUT2D eigenvalue weighted by Crippen LogP contribution is 2.30. The number of nitrogens with one attached hydrogen (secondary N) is 2. The molecule has 2 aliphatic heterocycles. The molecule has 0 atom stereocenters. The van der Waals surface area contributed by atoms with Crippen molar-refractivity contribution in [3.8, 4) is 0 Å². The van der Waals surface area contributed by atoms with Crippen LogP contribution in [0.1, 0.15) is 33.6 Å². The average molecular weight is 349 g/mol. The minimum absolute atomic E-state index is 0.0146.